The predicted octanol–water partition coefficient (Wildman–Crippen LogP) is 2.47. The zero-order chi connectivity index (χ0) is 14.5. The number of nitro groups is 1. The molecule has 0 fully saturated rings. The minimum Gasteiger partial charge on any atom is -0.308 e. The van der Waals surface area contributed by atoms with E-state index in [0.717, 1.165) is 5.56 Å². The second-order valence-corrected chi connectivity index (χ2v) is 4.79. The molecule has 1 aromatic carbocycles. The molecule has 2 rings (SSSR count). The second-order valence-electron chi connectivity index (χ2n) is 4.43. The highest BCUT2D eigenvalue weighted by molar-refractivity contribution is 7.80. The number of thiol groups is 1. The maximum absolute atomic E-state index is 11.8. The molecule has 0 N–H and O–H groups in total. The van der Waals surface area contributed by atoms with E-state index in [-0.39, 0.29) is 17.2 Å². The van der Waals surface area contributed by atoms with Gasteiger partial charge in [0, 0.05) is 24.6 Å². The van der Waals surface area contributed by atoms with Gasteiger partial charge in [-0.05, 0) is 11.3 Å². The van der Waals surface area contributed by atoms with Crippen LogP contribution in [-0.4, -0.2) is 15.2 Å². The summed E-state index contributed by atoms with van der Waals surface area (Å²) >= 11 is 4.31. The van der Waals surface area contributed by atoms with Gasteiger partial charge in [0.1, 0.15) is 0 Å². The fourth-order valence-electron chi connectivity index (χ4n) is 2.00. The van der Waals surface area contributed by atoms with Gasteiger partial charge < -0.3 is 4.57 Å². The van der Waals surface area contributed by atoms with E-state index in [4.69, 9.17) is 0 Å². The van der Waals surface area contributed by atoms with Gasteiger partial charge in [-0.25, -0.2) is 0 Å². The van der Waals surface area contributed by atoms with E-state index in [9.17, 15) is 14.9 Å². The first-order chi connectivity index (χ1) is 9.61. The molecule has 5 nitrogen and oxygen atoms in total. The zero-order valence-electron chi connectivity index (χ0n) is 10.7. The van der Waals surface area contributed by atoms with E-state index in [1.807, 2.05) is 30.3 Å². The molecule has 0 saturated heterocycles. The monoisotopic (exact) mass is 290 g/mol. The topological polar surface area (TPSA) is 65.1 Å². The lowest BCUT2D eigenvalue weighted by Crippen LogP contribution is -2.23. The van der Waals surface area contributed by atoms with Crippen LogP contribution in [0.5, 0.6) is 0 Å². The molecular formula is C14H14N2O3S. The third-order valence-electron chi connectivity index (χ3n) is 3.09. The predicted molar refractivity (Wildman–Crippen MR) is 80.4 cm³/mol. The van der Waals surface area contributed by atoms with Crippen LogP contribution in [-0.2, 0) is 6.54 Å². The normalized spacial score (nSPS) is 12.1. The summed E-state index contributed by atoms with van der Waals surface area (Å²) in [6.07, 6.45) is 1.28. The van der Waals surface area contributed by atoms with Crippen LogP contribution in [0, 0.1) is 10.1 Å². The maximum Gasteiger partial charge on any atom is 0.285 e. The second kappa shape index (κ2) is 6.38. The van der Waals surface area contributed by atoms with Crippen molar-refractivity contribution in [3.05, 3.63) is 74.7 Å². The molecule has 0 bridgehead atoms. The molecule has 0 saturated carbocycles. The lowest BCUT2D eigenvalue weighted by atomic mass is 10.0. The van der Waals surface area contributed by atoms with Crippen LogP contribution in [0.4, 0.5) is 5.69 Å². The Hall–Kier alpha value is -2.08. The van der Waals surface area contributed by atoms with E-state index in [1.165, 1.54) is 22.9 Å². The van der Waals surface area contributed by atoms with Crippen molar-refractivity contribution >= 4 is 18.3 Å². The van der Waals surface area contributed by atoms with Gasteiger partial charge in [-0.2, -0.15) is 12.6 Å². The highest BCUT2D eigenvalue weighted by Crippen LogP contribution is 2.19. The molecule has 0 aliphatic rings. The van der Waals surface area contributed by atoms with Gasteiger partial charge in [0.25, 0.3) is 11.2 Å². The molecule has 1 unspecified atom stereocenters. The van der Waals surface area contributed by atoms with Crippen molar-refractivity contribution in [2.75, 3.05) is 5.75 Å². The van der Waals surface area contributed by atoms with Crippen LogP contribution in [0.3, 0.4) is 0 Å². The van der Waals surface area contributed by atoms with Crippen LogP contribution in [0.15, 0.2) is 53.5 Å². The van der Waals surface area contributed by atoms with E-state index >= 15 is 0 Å². The van der Waals surface area contributed by atoms with Crippen LogP contribution in [0.25, 0.3) is 0 Å². The van der Waals surface area contributed by atoms with Gasteiger partial charge in [-0.1, -0.05) is 30.3 Å². The summed E-state index contributed by atoms with van der Waals surface area (Å²) in [6, 6.07) is 12.1. The molecule has 0 amide bonds. The fourth-order valence-corrected chi connectivity index (χ4v) is 2.33. The summed E-state index contributed by atoms with van der Waals surface area (Å²) in [7, 11) is 0. The number of benzene rings is 1. The maximum atomic E-state index is 11.8. The van der Waals surface area contributed by atoms with Crippen molar-refractivity contribution in [3.63, 3.8) is 0 Å². The molecule has 6 heteroatoms. The lowest BCUT2D eigenvalue weighted by molar-refractivity contribution is -0.385. The van der Waals surface area contributed by atoms with Crippen molar-refractivity contribution in [2.24, 2.45) is 0 Å². The molecule has 1 atom stereocenters. The molecular weight excluding hydrogens is 276 g/mol. The molecule has 20 heavy (non-hydrogen) atoms. The smallest absolute Gasteiger partial charge is 0.285 e. The lowest BCUT2D eigenvalue weighted by Gasteiger charge is -2.16. The third-order valence-corrected chi connectivity index (χ3v) is 3.53. The highest BCUT2D eigenvalue weighted by atomic mass is 32.1. The summed E-state index contributed by atoms with van der Waals surface area (Å²) < 4.78 is 1.37. The van der Waals surface area contributed by atoms with Gasteiger partial charge in [0.2, 0.25) is 0 Å². The Morgan fingerprint density at radius 2 is 1.90 bits per heavy atom. The Kier molecular flexibility index (Phi) is 4.57. The summed E-state index contributed by atoms with van der Waals surface area (Å²) in [4.78, 5) is 22.1. The minimum absolute atomic E-state index is 0.0271. The molecule has 1 aromatic heterocycles. The van der Waals surface area contributed by atoms with Crippen molar-refractivity contribution in [1.82, 2.24) is 4.57 Å². The molecule has 0 aliphatic carbocycles. The number of nitrogens with zero attached hydrogens (tertiary/aromatic N) is 2. The van der Waals surface area contributed by atoms with Crippen LogP contribution in [0.1, 0.15) is 11.5 Å². The minimum atomic E-state index is -0.506. The van der Waals surface area contributed by atoms with Gasteiger partial charge in [0.15, 0.2) is 0 Å². The van der Waals surface area contributed by atoms with Crippen LogP contribution >= 0.6 is 12.6 Å². The van der Waals surface area contributed by atoms with Gasteiger partial charge in [-0.3, -0.25) is 14.9 Å². The zero-order valence-corrected chi connectivity index (χ0v) is 11.6. The Labute approximate surface area is 121 Å². The number of hydrogen-bond donors (Lipinski definition) is 1. The standard InChI is InChI=1S/C14H14N2O3S/c17-14-7-6-13(16(18)19)9-15(14)8-12(10-20)11-4-2-1-3-5-11/h1-7,9,12,20H,8,10H2. The number of rotatable bonds is 5. The first kappa shape index (κ1) is 14.3. The third kappa shape index (κ3) is 3.27. The highest BCUT2D eigenvalue weighted by Gasteiger charge is 2.13. The molecule has 1 heterocycles. The number of aromatic nitrogens is 1. The Morgan fingerprint density at radius 3 is 2.50 bits per heavy atom. The SMILES string of the molecule is O=c1ccc([N+](=O)[O-])cn1CC(CS)c1ccccc1. The molecule has 0 aliphatic heterocycles. The van der Waals surface area contributed by atoms with Crippen molar-refractivity contribution in [2.45, 2.75) is 12.5 Å². The van der Waals surface area contributed by atoms with Crippen LogP contribution in [0.2, 0.25) is 0 Å². The van der Waals surface area contributed by atoms with E-state index in [2.05, 4.69) is 12.6 Å². The van der Waals surface area contributed by atoms with Crippen molar-refractivity contribution in [3.8, 4) is 0 Å². The van der Waals surface area contributed by atoms with Gasteiger partial charge in [-0.15, -0.1) is 0 Å². The summed E-state index contributed by atoms with van der Waals surface area (Å²) in [5.41, 5.74) is 0.717. The number of hydrogen-bond acceptors (Lipinski definition) is 4. The molecule has 104 valence electrons. The van der Waals surface area contributed by atoms with Crippen molar-refractivity contribution < 1.29 is 4.92 Å². The molecule has 0 radical (unpaired) electrons. The molecule has 2 aromatic rings. The largest absolute Gasteiger partial charge is 0.308 e. The van der Waals surface area contributed by atoms with Gasteiger partial charge >= 0.3 is 0 Å². The fraction of sp³-hybridized carbons (Fsp3) is 0.214. The number of pyridine rings is 1. The first-order valence-corrected chi connectivity index (χ1v) is 6.75. The Balaban J connectivity index is 2.30. The van der Waals surface area contributed by atoms with E-state index in [0.29, 0.717) is 12.3 Å². The summed E-state index contributed by atoms with van der Waals surface area (Å²) in [6.45, 7) is 0.369. The Bertz CT molecular complexity index is 655. The Morgan fingerprint density at radius 1 is 1.20 bits per heavy atom. The average Bonchev–Trinajstić information content (AvgIpc) is 2.47. The van der Waals surface area contributed by atoms with Crippen LogP contribution < -0.4 is 5.56 Å². The average molecular weight is 290 g/mol. The van der Waals surface area contributed by atoms with Crippen molar-refractivity contribution in [1.29, 1.82) is 0 Å². The first-order valence-electron chi connectivity index (χ1n) is 6.12. The quantitative estimate of drug-likeness (QED) is 0.522. The van der Waals surface area contributed by atoms with E-state index < -0.39 is 4.92 Å². The summed E-state index contributed by atoms with van der Waals surface area (Å²) in [5, 5.41) is 10.8. The molecule has 0 spiro atoms. The van der Waals surface area contributed by atoms with E-state index in [1.54, 1.807) is 0 Å². The van der Waals surface area contributed by atoms with Gasteiger partial charge in [0.05, 0.1) is 11.1 Å². The summed E-state index contributed by atoms with van der Waals surface area (Å²) in [5.74, 6) is 0.582.